The van der Waals surface area contributed by atoms with Crippen LogP contribution in [0.3, 0.4) is 0 Å². The lowest BCUT2D eigenvalue weighted by Gasteiger charge is -2.07. The number of ether oxygens (including phenoxy) is 2. The zero-order valence-electron chi connectivity index (χ0n) is 10.0. The topological polar surface area (TPSA) is 47.6 Å². The Balaban J connectivity index is 2.32. The van der Waals surface area contributed by atoms with Crippen molar-refractivity contribution in [1.29, 1.82) is 0 Å². The number of benzene rings is 1. The molecule has 0 aliphatic carbocycles. The number of methoxy groups -OCH3 is 1. The van der Waals surface area contributed by atoms with Crippen LogP contribution in [0, 0.1) is 0 Å². The van der Waals surface area contributed by atoms with Crippen LogP contribution in [0.5, 0.6) is 0 Å². The van der Waals surface area contributed by atoms with Crippen LogP contribution in [-0.4, -0.2) is 39.4 Å². The molecular weight excluding hydrogens is 321 g/mol. The third-order valence-corrected chi connectivity index (χ3v) is 3.03. The highest BCUT2D eigenvalue weighted by Gasteiger charge is 2.09. The Kier molecular flexibility index (Phi) is 7.27. The first kappa shape index (κ1) is 15.4. The fraction of sp³-hybridized carbons (Fsp3) is 0.417. The van der Waals surface area contributed by atoms with Gasteiger partial charge in [0.1, 0.15) is 0 Å². The van der Waals surface area contributed by atoms with Gasteiger partial charge in [-0.15, -0.1) is 0 Å². The molecule has 1 N–H and O–H groups in total. The first-order valence-electron chi connectivity index (χ1n) is 5.45. The number of rotatable bonds is 7. The fourth-order valence-corrected chi connectivity index (χ4v) is 2.11. The van der Waals surface area contributed by atoms with Crippen molar-refractivity contribution in [3.63, 3.8) is 0 Å². The van der Waals surface area contributed by atoms with Gasteiger partial charge in [-0.2, -0.15) is 0 Å². The highest BCUT2D eigenvalue weighted by molar-refractivity contribution is 9.10. The molecule has 1 aromatic rings. The molecule has 0 radical (unpaired) electrons. The average molecular weight is 337 g/mol. The molecule has 1 amide bonds. The zero-order chi connectivity index (χ0) is 13.4. The SMILES string of the molecule is COCCOCCNC(=O)c1ccc(Cl)cc1Br. The van der Waals surface area contributed by atoms with Crippen LogP contribution in [0.25, 0.3) is 0 Å². The summed E-state index contributed by atoms with van der Waals surface area (Å²) in [6.07, 6.45) is 0. The monoisotopic (exact) mass is 335 g/mol. The van der Waals surface area contributed by atoms with E-state index in [0.717, 1.165) is 0 Å². The maximum atomic E-state index is 11.8. The molecule has 0 unspecified atom stereocenters. The highest BCUT2D eigenvalue weighted by Crippen LogP contribution is 2.21. The molecular formula is C12H15BrClNO3. The Morgan fingerprint density at radius 1 is 1.39 bits per heavy atom. The van der Waals surface area contributed by atoms with E-state index in [-0.39, 0.29) is 5.91 Å². The van der Waals surface area contributed by atoms with Gasteiger partial charge in [0, 0.05) is 23.1 Å². The van der Waals surface area contributed by atoms with E-state index < -0.39 is 0 Å². The van der Waals surface area contributed by atoms with Crippen molar-refractivity contribution in [2.24, 2.45) is 0 Å². The van der Waals surface area contributed by atoms with E-state index in [4.69, 9.17) is 21.1 Å². The molecule has 4 nitrogen and oxygen atoms in total. The molecule has 0 aromatic heterocycles. The van der Waals surface area contributed by atoms with E-state index in [1.54, 1.807) is 25.3 Å². The van der Waals surface area contributed by atoms with Gasteiger partial charge >= 0.3 is 0 Å². The summed E-state index contributed by atoms with van der Waals surface area (Å²) in [5.41, 5.74) is 0.552. The van der Waals surface area contributed by atoms with Crippen molar-refractivity contribution in [3.8, 4) is 0 Å². The first-order chi connectivity index (χ1) is 8.65. The Hall–Kier alpha value is -0.620. The smallest absolute Gasteiger partial charge is 0.252 e. The van der Waals surface area contributed by atoms with Crippen LogP contribution < -0.4 is 5.32 Å². The Labute approximate surface area is 120 Å². The van der Waals surface area contributed by atoms with Crippen molar-refractivity contribution >= 4 is 33.4 Å². The van der Waals surface area contributed by atoms with E-state index >= 15 is 0 Å². The number of halogens is 2. The van der Waals surface area contributed by atoms with Gasteiger partial charge < -0.3 is 14.8 Å². The van der Waals surface area contributed by atoms with E-state index in [0.29, 0.717) is 41.4 Å². The summed E-state index contributed by atoms with van der Waals surface area (Å²) < 4.78 is 10.7. The van der Waals surface area contributed by atoms with E-state index in [1.165, 1.54) is 0 Å². The van der Waals surface area contributed by atoms with E-state index in [1.807, 2.05) is 0 Å². The second-order valence-electron chi connectivity index (χ2n) is 3.49. The minimum Gasteiger partial charge on any atom is -0.382 e. The van der Waals surface area contributed by atoms with Gasteiger partial charge in [0.15, 0.2) is 0 Å². The van der Waals surface area contributed by atoms with Gasteiger partial charge in [-0.05, 0) is 34.1 Å². The van der Waals surface area contributed by atoms with Gasteiger partial charge in [-0.1, -0.05) is 11.6 Å². The number of carbonyl (C=O) groups excluding carboxylic acids is 1. The molecule has 18 heavy (non-hydrogen) atoms. The number of amides is 1. The van der Waals surface area contributed by atoms with Crippen molar-refractivity contribution in [1.82, 2.24) is 5.32 Å². The molecule has 1 rings (SSSR count). The predicted molar refractivity (Wildman–Crippen MR) is 74.2 cm³/mol. The summed E-state index contributed by atoms with van der Waals surface area (Å²) in [6, 6.07) is 5.04. The van der Waals surface area contributed by atoms with Crippen LogP contribution in [0.1, 0.15) is 10.4 Å². The number of hydrogen-bond acceptors (Lipinski definition) is 3. The van der Waals surface area contributed by atoms with Crippen LogP contribution in [-0.2, 0) is 9.47 Å². The maximum absolute atomic E-state index is 11.8. The summed E-state index contributed by atoms with van der Waals surface area (Å²) in [5, 5.41) is 3.34. The summed E-state index contributed by atoms with van der Waals surface area (Å²) in [6.45, 7) is 1.99. The third kappa shape index (κ3) is 5.35. The molecule has 6 heteroatoms. The number of carbonyl (C=O) groups is 1. The minimum atomic E-state index is -0.158. The standard InChI is InChI=1S/C12H15BrClNO3/c1-17-6-7-18-5-4-15-12(16)10-3-2-9(14)8-11(10)13/h2-3,8H,4-7H2,1H3,(H,15,16). The molecule has 0 aliphatic heterocycles. The molecule has 1 aromatic carbocycles. The van der Waals surface area contributed by atoms with Crippen molar-refractivity contribution in [3.05, 3.63) is 33.3 Å². The molecule has 0 atom stereocenters. The van der Waals surface area contributed by atoms with Crippen LogP contribution in [0.4, 0.5) is 0 Å². The second-order valence-corrected chi connectivity index (χ2v) is 4.78. The molecule has 0 fully saturated rings. The van der Waals surface area contributed by atoms with Crippen molar-refractivity contribution < 1.29 is 14.3 Å². The minimum absolute atomic E-state index is 0.158. The molecule has 0 heterocycles. The fourth-order valence-electron chi connectivity index (χ4n) is 1.25. The Bertz CT molecular complexity index is 401. The van der Waals surface area contributed by atoms with Crippen LogP contribution >= 0.6 is 27.5 Å². The molecule has 0 spiro atoms. The normalized spacial score (nSPS) is 10.4. The Morgan fingerprint density at radius 3 is 2.83 bits per heavy atom. The van der Waals surface area contributed by atoms with Gasteiger partial charge in [0.05, 0.1) is 25.4 Å². The lowest BCUT2D eigenvalue weighted by atomic mass is 10.2. The lowest BCUT2D eigenvalue weighted by molar-refractivity contribution is 0.0692. The van der Waals surface area contributed by atoms with E-state index in [9.17, 15) is 4.79 Å². The molecule has 0 aliphatic rings. The molecule has 0 bridgehead atoms. The molecule has 0 saturated heterocycles. The predicted octanol–water partition coefficient (Wildman–Crippen LogP) is 2.50. The van der Waals surface area contributed by atoms with Crippen LogP contribution in [0.15, 0.2) is 22.7 Å². The highest BCUT2D eigenvalue weighted by atomic mass is 79.9. The van der Waals surface area contributed by atoms with Crippen molar-refractivity contribution in [2.45, 2.75) is 0 Å². The van der Waals surface area contributed by atoms with Gasteiger partial charge in [0.25, 0.3) is 5.91 Å². The number of nitrogens with one attached hydrogen (secondary N) is 1. The average Bonchev–Trinajstić information content (AvgIpc) is 2.33. The summed E-state index contributed by atoms with van der Waals surface area (Å²) >= 11 is 9.10. The van der Waals surface area contributed by atoms with Gasteiger partial charge in [0.2, 0.25) is 0 Å². The van der Waals surface area contributed by atoms with Gasteiger partial charge in [-0.3, -0.25) is 4.79 Å². The first-order valence-corrected chi connectivity index (χ1v) is 6.62. The quantitative estimate of drug-likeness (QED) is 0.778. The van der Waals surface area contributed by atoms with Crippen LogP contribution in [0.2, 0.25) is 5.02 Å². The largest absolute Gasteiger partial charge is 0.382 e. The second kappa shape index (κ2) is 8.48. The lowest BCUT2D eigenvalue weighted by Crippen LogP contribution is -2.27. The maximum Gasteiger partial charge on any atom is 0.252 e. The van der Waals surface area contributed by atoms with E-state index in [2.05, 4.69) is 21.2 Å². The molecule has 100 valence electrons. The van der Waals surface area contributed by atoms with Crippen molar-refractivity contribution in [2.75, 3.05) is 33.5 Å². The summed E-state index contributed by atoms with van der Waals surface area (Å²) in [7, 11) is 1.61. The number of hydrogen-bond donors (Lipinski definition) is 1. The third-order valence-electron chi connectivity index (χ3n) is 2.14. The summed E-state index contributed by atoms with van der Waals surface area (Å²) in [5.74, 6) is -0.158. The molecule has 0 saturated carbocycles. The van der Waals surface area contributed by atoms with Gasteiger partial charge in [-0.25, -0.2) is 0 Å². The Morgan fingerprint density at radius 2 is 2.17 bits per heavy atom. The summed E-state index contributed by atoms with van der Waals surface area (Å²) in [4.78, 5) is 11.8. The zero-order valence-corrected chi connectivity index (χ0v) is 12.4.